The van der Waals surface area contributed by atoms with Gasteiger partial charge in [0.1, 0.15) is 11.9 Å². The number of furan rings is 1. The Balaban J connectivity index is 2.04. The Kier molecular flexibility index (Phi) is 2.38. The molecule has 0 bridgehead atoms. The van der Waals surface area contributed by atoms with E-state index in [9.17, 15) is 0 Å². The van der Waals surface area contributed by atoms with Crippen LogP contribution in [0.2, 0.25) is 0 Å². The predicted molar refractivity (Wildman–Crippen MR) is 46.3 cm³/mol. The molecule has 66 valence electrons. The molecule has 1 aromatic rings. The second-order valence-electron chi connectivity index (χ2n) is 3.00. The Labute approximate surface area is 76.5 Å². The van der Waals surface area contributed by atoms with E-state index in [1.54, 1.807) is 6.26 Å². The minimum absolute atomic E-state index is 0.0660. The van der Waals surface area contributed by atoms with E-state index in [0.29, 0.717) is 0 Å². The smallest absolute Gasteiger partial charge is 0.132 e. The molecule has 3 heteroatoms. The Bertz CT molecular complexity index is 233. The van der Waals surface area contributed by atoms with Gasteiger partial charge in [0, 0.05) is 12.0 Å². The minimum atomic E-state index is 0.0660. The zero-order chi connectivity index (χ0) is 8.39. The molecule has 12 heavy (non-hydrogen) atoms. The predicted octanol–water partition coefficient (Wildman–Crippen LogP) is 2.74. The topological polar surface area (TPSA) is 22.4 Å². The van der Waals surface area contributed by atoms with Crippen LogP contribution in [0, 0.1) is 0 Å². The van der Waals surface area contributed by atoms with Crippen LogP contribution < -0.4 is 0 Å². The SMILES string of the molecule is ClC1CCOC(c2ccco2)C1. The highest BCUT2D eigenvalue weighted by Gasteiger charge is 2.23. The molecule has 2 rings (SSSR count). The van der Waals surface area contributed by atoms with Crippen LogP contribution in [-0.2, 0) is 4.74 Å². The van der Waals surface area contributed by atoms with Gasteiger partial charge in [0.15, 0.2) is 0 Å². The highest BCUT2D eigenvalue weighted by Crippen LogP contribution is 2.30. The van der Waals surface area contributed by atoms with E-state index in [0.717, 1.165) is 25.2 Å². The van der Waals surface area contributed by atoms with Crippen molar-refractivity contribution in [2.75, 3.05) is 6.61 Å². The van der Waals surface area contributed by atoms with Gasteiger partial charge in [-0.1, -0.05) is 0 Å². The van der Waals surface area contributed by atoms with Crippen molar-refractivity contribution in [3.05, 3.63) is 24.2 Å². The first-order chi connectivity index (χ1) is 5.86. The minimum Gasteiger partial charge on any atom is -0.467 e. The van der Waals surface area contributed by atoms with Gasteiger partial charge in [-0.25, -0.2) is 0 Å². The third kappa shape index (κ3) is 1.65. The molecule has 2 nitrogen and oxygen atoms in total. The van der Waals surface area contributed by atoms with Gasteiger partial charge in [0.25, 0.3) is 0 Å². The third-order valence-corrected chi connectivity index (χ3v) is 2.48. The van der Waals surface area contributed by atoms with Crippen molar-refractivity contribution in [2.45, 2.75) is 24.3 Å². The standard InChI is InChI=1S/C9H11ClO2/c10-7-3-5-12-9(6-7)8-2-1-4-11-8/h1-2,4,7,9H,3,5-6H2. The van der Waals surface area contributed by atoms with Crippen LogP contribution in [-0.4, -0.2) is 12.0 Å². The highest BCUT2D eigenvalue weighted by molar-refractivity contribution is 6.20. The quantitative estimate of drug-likeness (QED) is 0.630. The number of ether oxygens (including phenoxy) is 1. The van der Waals surface area contributed by atoms with Crippen LogP contribution >= 0.6 is 11.6 Å². The van der Waals surface area contributed by atoms with E-state index in [1.165, 1.54) is 0 Å². The van der Waals surface area contributed by atoms with Gasteiger partial charge in [-0.2, -0.15) is 0 Å². The molecule has 1 aliphatic heterocycles. The summed E-state index contributed by atoms with van der Waals surface area (Å²) in [4.78, 5) is 0. The molecule has 1 saturated heterocycles. The zero-order valence-corrected chi connectivity index (χ0v) is 7.46. The summed E-state index contributed by atoms with van der Waals surface area (Å²) in [5, 5.41) is 0.230. The summed E-state index contributed by atoms with van der Waals surface area (Å²) in [5.41, 5.74) is 0. The first-order valence-electron chi connectivity index (χ1n) is 4.15. The maximum absolute atomic E-state index is 6.01. The van der Waals surface area contributed by atoms with E-state index in [1.807, 2.05) is 12.1 Å². The molecule has 2 heterocycles. The van der Waals surface area contributed by atoms with Crippen molar-refractivity contribution < 1.29 is 9.15 Å². The maximum atomic E-state index is 6.01. The first kappa shape index (κ1) is 8.14. The molecule has 1 aliphatic rings. The fraction of sp³-hybridized carbons (Fsp3) is 0.556. The average molecular weight is 187 g/mol. The number of halogens is 1. The molecule has 0 amide bonds. The Morgan fingerprint density at radius 1 is 1.50 bits per heavy atom. The molecule has 0 aliphatic carbocycles. The lowest BCUT2D eigenvalue weighted by molar-refractivity contribution is 0.00369. The number of hydrogen-bond donors (Lipinski definition) is 0. The van der Waals surface area contributed by atoms with Crippen LogP contribution in [0.3, 0.4) is 0 Å². The van der Waals surface area contributed by atoms with Gasteiger partial charge in [-0.05, 0) is 25.0 Å². The lowest BCUT2D eigenvalue weighted by Crippen LogP contribution is -2.19. The van der Waals surface area contributed by atoms with Gasteiger partial charge in [0.05, 0.1) is 6.26 Å². The van der Waals surface area contributed by atoms with Crippen LogP contribution in [0.5, 0.6) is 0 Å². The third-order valence-electron chi connectivity index (χ3n) is 2.08. The summed E-state index contributed by atoms with van der Waals surface area (Å²) >= 11 is 6.01. The van der Waals surface area contributed by atoms with Gasteiger partial charge in [-0.3, -0.25) is 0 Å². The summed E-state index contributed by atoms with van der Waals surface area (Å²) < 4.78 is 10.8. The Morgan fingerprint density at radius 3 is 3.08 bits per heavy atom. The summed E-state index contributed by atoms with van der Waals surface area (Å²) in [6, 6.07) is 3.80. The Morgan fingerprint density at radius 2 is 2.42 bits per heavy atom. The molecule has 0 spiro atoms. The lowest BCUT2D eigenvalue weighted by Gasteiger charge is -2.24. The normalized spacial score (nSPS) is 30.4. The van der Waals surface area contributed by atoms with Crippen molar-refractivity contribution in [3.63, 3.8) is 0 Å². The fourth-order valence-electron chi connectivity index (χ4n) is 1.43. The van der Waals surface area contributed by atoms with Gasteiger partial charge >= 0.3 is 0 Å². The fourth-order valence-corrected chi connectivity index (χ4v) is 1.68. The van der Waals surface area contributed by atoms with E-state index >= 15 is 0 Å². The van der Waals surface area contributed by atoms with Gasteiger partial charge < -0.3 is 9.15 Å². The molecule has 1 fully saturated rings. The molecule has 2 atom stereocenters. The second kappa shape index (κ2) is 3.50. The summed E-state index contributed by atoms with van der Waals surface area (Å²) in [7, 11) is 0. The van der Waals surface area contributed by atoms with Crippen LogP contribution in [0.4, 0.5) is 0 Å². The van der Waals surface area contributed by atoms with Crippen LogP contribution in [0.1, 0.15) is 24.7 Å². The zero-order valence-electron chi connectivity index (χ0n) is 6.70. The molecule has 2 unspecified atom stereocenters. The highest BCUT2D eigenvalue weighted by atomic mass is 35.5. The molecule has 0 radical (unpaired) electrons. The largest absolute Gasteiger partial charge is 0.467 e. The second-order valence-corrected chi connectivity index (χ2v) is 3.61. The van der Waals surface area contributed by atoms with Crippen LogP contribution in [0.15, 0.2) is 22.8 Å². The van der Waals surface area contributed by atoms with Crippen LogP contribution in [0.25, 0.3) is 0 Å². The molecule has 0 N–H and O–H groups in total. The van der Waals surface area contributed by atoms with Crippen molar-refractivity contribution in [1.29, 1.82) is 0 Å². The number of hydrogen-bond acceptors (Lipinski definition) is 2. The van der Waals surface area contributed by atoms with E-state index in [2.05, 4.69) is 0 Å². The van der Waals surface area contributed by atoms with Crippen molar-refractivity contribution >= 4 is 11.6 Å². The molecule has 0 saturated carbocycles. The monoisotopic (exact) mass is 186 g/mol. The first-order valence-corrected chi connectivity index (χ1v) is 4.59. The Hall–Kier alpha value is -0.470. The lowest BCUT2D eigenvalue weighted by atomic mass is 10.1. The summed E-state index contributed by atoms with van der Waals surface area (Å²) in [6.45, 7) is 0.736. The van der Waals surface area contributed by atoms with Gasteiger partial charge in [-0.15, -0.1) is 11.6 Å². The summed E-state index contributed by atoms with van der Waals surface area (Å²) in [5.74, 6) is 0.889. The summed E-state index contributed by atoms with van der Waals surface area (Å²) in [6.07, 6.45) is 3.53. The van der Waals surface area contributed by atoms with E-state index < -0.39 is 0 Å². The molecular weight excluding hydrogens is 176 g/mol. The molecule has 1 aromatic heterocycles. The average Bonchev–Trinajstić information content (AvgIpc) is 2.56. The number of rotatable bonds is 1. The van der Waals surface area contributed by atoms with Crippen molar-refractivity contribution in [1.82, 2.24) is 0 Å². The van der Waals surface area contributed by atoms with Gasteiger partial charge in [0.2, 0.25) is 0 Å². The number of alkyl halides is 1. The van der Waals surface area contributed by atoms with E-state index in [4.69, 9.17) is 20.8 Å². The molecule has 0 aromatic carbocycles. The molecular formula is C9H11ClO2. The maximum Gasteiger partial charge on any atom is 0.132 e. The van der Waals surface area contributed by atoms with Crippen molar-refractivity contribution in [3.8, 4) is 0 Å². The van der Waals surface area contributed by atoms with Crippen molar-refractivity contribution in [2.24, 2.45) is 0 Å². The van der Waals surface area contributed by atoms with E-state index in [-0.39, 0.29) is 11.5 Å².